The van der Waals surface area contributed by atoms with Gasteiger partial charge in [-0.3, -0.25) is 0 Å². The van der Waals surface area contributed by atoms with E-state index in [0.29, 0.717) is 13.2 Å². The minimum absolute atomic E-state index is 0.193. The van der Waals surface area contributed by atoms with Gasteiger partial charge in [0.1, 0.15) is 6.61 Å². The van der Waals surface area contributed by atoms with Crippen LogP contribution in [0.25, 0.3) is 0 Å². The summed E-state index contributed by atoms with van der Waals surface area (Å²) < 4.78 is 23.7. The van der Waals surface area contributed by atoms with Crippen molar-refractivity contribution in [2.45, 2.75) is 95.4 Å². The van der Waals surface area contributed by atoms with Gasteiger partial charge >= 0.3 is 6.09 Å². The zero-order valence-corrected chi connectivity index (χ0v) is 21.5. The highest BCUT2D eigenvalue weighted by molar-refractivity contribution is 6.74. The second-order valence-electron chi connectivity index (χ2n) is 10.8. The van der Waals surface area contributed by atoms with Crippen molar-refractivity contribution in [2.24, 2.45) is 0 Å². The van der Waals surface area contributed by atoms with E-state index in [9.17, 15) is 4.79 Å². The quantitative estimate of drug-likeness (QED) is 0.391. The molecule has 0 radical (unpaired) electrons. The van der Waals surface area contributed by atoms with Crippen molar-refractivity contribution in [3.63, 3.8) is 0 Å². The topological polar surface area (TPSA) is 66.0 Å². The summed E-state index contributed by atoms with van der Waals surface area (Å²) >= 11 is 0. The number of amides is 1. The average Bonchev–Trinajstić information content (AvgIpc) is 3.21. The van der Waals surface area contributed by atoms with E-state index in [1.165, 1.54) is 0 Å². The number of hydrogen-bond acceptors (Lipinski definition) is 5. The lowest BCUT2D eigenvalue weighted by Gasteiger charge is -2.44. The van der Waals surface area contributed by atoms with Crippen LogP contribution < -0.4 is 5.32 Å². The normalized spacial score (nSPS) is 20.3. The molecule has 0 aromatic heterocycles. The van der Waals surface area contributed by atoms with Crippen molar-refractivity contribution in [1.82, 2.24) is 5.32 Å². The Bertz CT molecular complexity index is 730. The summed E-state index contributed by atoms with van der Waals surface area (Å²) in [5.74, 6) is -0.462. The van der Waals surface area contributed by atoms with Gasteiger partial charge in [-0.1, -0.05) is 51.1 Å². The van der Waals surface area contributed by atoms with Crippen LogP contribution in [0.4, 0.5) is 4.79 Å². The fourth-order valence-corrected chi connectivity index (χ4v) is 5.35. The van der Waals surface area contributed by atoms with Crippen LogP contribution in [-0.2, 0) is 25.2 Å². The van der Waals surface area contributed by atoms with Crippen LogP contribution in [0.1, 0.15) is 64.9 Å². The van der Waals surface area contributed by atoms with Gasteiger partial charge in [0.05, 0.1) is 13.2 Å². The van der Waals surface area contributed by atoms with Crippen molar-refractivity contribution in [3.8, 4) is 0 Å². The molecular weight excluding hydrogens is 422 g/mol. The maximum Gasteiger partial charge on any atom is 0.407 e. The number of ether oxygens (including phenoxy) is 3. The molecule has 0 bridgehead atoms. The van der Waals surface area contributed by atoms with Crippen molar-refractivity contribution in [2.75, 3.05) is 19.8 Å². The fourth-order valence-electron chi connectivity index (χ4n) is 4.26. The Labute approximate surface area is 194 Å². The summed E-state index contributed by atoms with van der Waals surface area (Å²) in [7, 11) is -1.78. The molecule has 1 saturated carbocycles. The maximum atomic E-state index is 12.7. The monoisotopic (exact) mass is 463 g/mol. The molecule has 7 heteroatoms. The van der Waals surface area contributed by atoms with E-state index >= 15 is 0 Å². The number of carbonyl (C=O) groups is 1. The molecule has 1 aromatic rings. The van der Waals surface area contributed by atoms with Gasteiger partial charge in [0, 0.05) is 25.0 Å². The molecule has 32 heavy (non-hydrogen) atoms. The molecule has 1 aromatic carbocycles. The van der Waals surface area contributed by atoms with Gasteiger partial charge in [0.2, 0.25) is 0 Å². The largest absolute Gasteiger partial charge is 0.445 e. The van der Waals surface area contributed by atoms with E-state index in [1.54, 1.807) is 0 Å². The Balaban J connectivity index is 1.57. The Hall–Kier alpha value is -1.41. The second-order valence-corrected chi connectivity index (χ2v) is 15.6. The first kappa shape index (κ1) is 25.2. The molecule has 2 aliphatic rings. The van der Waals surface area contributed by atoms with Crippen LogP contribution >= 0.6 is 0 Å². The lowest BCUT2D eigenvalue weighted by molar-refractivity contribution is -0.186. The second kappa shape index (κ2) is 10.2. The summed E-state index contributed by atoms with van der Waals surface area (Å²) in [6, 6.07) is 9.77. The van der Waals surface area contributed by atoms with E-state index in [1.807, 2.05) is 30.3 Å². The number of alkyl carbamates (subject to hydrolysis) is 1. The number of carbonyl (C=O) groups excluding carboxylic acids is 1. The lowest BCUT2D eigenvalue weighted by Crippen LogP contribution is -2.54. The maximum absolute atomic E-state index is 12.7. The highest BCUT2D eigenvalue weighted by Crippen LogP contribution is 2.42. The van der Waals surface area contributed by atoms with E-state index < -0.39 is 14.1 Å². The standard InChI is InChI=1S/C25H41NO5Si/c1-23(2,3)32(4,5)31-17-9-12-24(13-15-25(16-14-24)29-18-19-30-25)26-22(27)28-20-21-10-7-6-8-11-21/h6-8,10-11H,9,12-20H2,1-5H3,(H,26,27). The van der Waals surface area contributed by atoms with Gasteiger partial charge in [-0.25, -0.2) is 4.79 Å². The molecule has 0 unspecified atom stereocenters. The molecule has 6 nitrogen and oxygen atoms in total. The van der Waals surface area contributed by atoms with E-state index in [-0.39, 0.29) is 23.3 Å². The van der Waals surface area contributed by atoms with Crippen molar-refractivity contribution in [3.05, 3.63) is 35.9 Å². The number of hydrogen-bond donors (Lipinski definition) is 1. The zero-order chi connectivity index (χ0) is 23.3. The molecule has 1 heterocycles. The molecular formula is C25H41NO5Si. The predicted octanol–water partition coefficient (Wildman–Crippen LogP) is 5.77. The van der Waals surface area contributed by atoms with Crippen LogP contribution in [0.3, 0.4) is 0 Å². The van der Waals surface area contributed by atoms with Crippen molar-refractivity contribution < 1.29 is 23.4 Å². The first-order valence-electron chi connectivity index (χ1n) is 12.0. The number of rotatable bonds is 8. The highest BCUT2D eigenvalue weighted by atomic mass is 28.4. The highest BCUT2D eigenvalue weighted by Gasteiger charge is 2.47. The molecule has 2 fully saturated rings. The predicted molar refractivity (Wildman–Crippen MR) is 128 cm³/mol. The zero-order valence-electron chi connectivity index (χ0n) is 20.5. The molecule has 1 N–H and O–H groups in total. The first-order valence-corrected chi connectivity index (χ1v) is 14.9. The summed E-state index contributed by atoms with van der Waals surface area (Å²) in [6.45, 7) is 13.6. The van der Waals surface area contributed by atoms with Crippen LogP contribution in [0.2, 0.25) is 18.1 Å². The molecule has 180 valence electrons. The summed E-state index contributed by atoms with van der Waals surface area (Å²) in [4.78, 5) is 12.7. The SMILES string of the molecule is CC(C)(C)[Si](C)(C)OCCCC1(NC(=O)OCc2ccccc2)CCC2(CC1)OCCO2. The molecule has 3 rings (SSSR count). The van der Waals surface area contributed by atoms with Gasteiger partial charge in [0.25, 0.3) is 0 Å². The Morgan fingerprint density at radius 1 is 1.06 bits per heavy atom. The number of benzene rings is 1. The molecule has 1 aliphatic carbocycles. The lowest BCUT2D eigenvalue weighted by atomic mass is 9.76. The minimum Gasteiger partial charge on any atom is -0.445 e. The van der Waals surface area contributed by atoms with Crippen molar-refractivity contribution >= 4 is 14.4 Å². The fraction of sp³-hybridized carbons (Fsp3) is 0.720. The van der Waals surface area contributed by atoms with Crippen molar-refractivity contribution in [1.29, 1.82) is 0 Å². The van der Waals surface area contributed by atoms with Gasteiger partial charge in [-0.05, 0) is 49.4 Å². The Morgan fingerprint density at radius 2 is 1.69 bits per heavy atom. The van der Waals surface area contributed by atoms with E-state index in [2.05, 4.69) is 39.2 Å². The molecule has 1 aliphatic heterocycles. The summed E-state index contributed by atoms with van der Waals surface area (Å²) in [5, 5.41) is 3.41. The smallest absolute Gasteiger partial charge is 0.407 e. The summed E-state index contributed by atoms with van der Waals surface area (Å²) in [5.41, 5.74) is 0.667. The van der Waals surface area contributed by atoms with Gasteiger partial charge in [-0.15, -0.1) is 0 Å². The number of nitrogens with one attached hydrogen (secondary N) is 1. The molecule has 1 spiro atoms. The van der Waals surface area contributed by atoms with Gasteiger partial charge in [0.15, 0.2) is 14.1 Å². The van der Waals surface area contributed by atoms with Gasteiger partial charge in [-0.2, -0.15) is 0 Å². The molecule has 1 saturated heterocycles. The van der Waals surface area contributed by atoms with Gasteiger partial charge < -0.3 is 24.0 Å². The van der Waals surface area contributed by atoms with Crippen LogP contribution in [0.15, 0.2) is 30.3 Å². The minimum atomic E-state index is -1.78. The van der Waals surface area contributed by atoms with E-state index in [4.69, 9.17) is 18.6 Å². The summed E-state index contributed by atoms with van der Waals surface area (Å²) in [6.07, 6.45) is 4.60. The van der Waals surface area contributed by atoms with E-state index in [0.717, 1.165) is 50.7 Å². The third-order valence-corrected chi connectivity index (χ3v) is 12.0. The van der Waals surface area contributed by atoms with Crippen LogP contribution in [0, 0.1) is 0 Å². The molecule has 1 amide bonds. The third kappa shape index (κ3) is 6.56. The average molecular weight is 464 g/mol. The Kier molecular flexibility index (Phi) is 8.07. The van der Waals surface area contributed by atoms with Crippen LogP contribution in [0.5, 0.6) is 0 Å². The Morgan fingerprint density at radius 3 is 2.28 bits per heavy atom. The van der Waals surface area contributed by atoms with Crippen LogP contribution in [-0.4, -0.2) is 45.6 Å². The first-order chi connectivity index (χ1) is 15.1. The molecule has 0 atom stereocenters. The third-order valence-electron chi connectivity index (χ3n) is 7.43.